The van der Waals surface area contributed by atoms with Crippen molar-refractivity contribution < 1.29 is 28.5 Å². The summed E-state index contributed by atoms with van der Waals surface area (Å²) < 4.78 is 23.8. The maximum Gasteiger partial charge on any atom is 0.323 e. The van der Waals surface area contributed by atoms with Crippen molar-refractivity contribution in [2.75, 3.05) is 0 Å². The van der Waals surface area contributed by atoms with Crippen molar-refractivity contribution in [1.82, 2.24) is 0 Å². The molecule has 0 aliphatic carbocycles. The predicted octanol–water partition coefficient (Wildman–Crippen LogP) is 9.52. The first-order valence-electron chi connectivity index (χ1n) is 15.1. The van der Waals surface area contributed by atoms with Gasteiger partial charge >= 0.3 is 11.9 Å². The van der Waals surface area contributed by atoms with Gasteiger partial charge in [-0.2, -0.15) is 0 Å². The first kappa shape index (κ1) is 28.7. The normalized spacial score (nSPS) is 13.1. The van der Waals surface area contributed by atoms with E-state index in [1.165, 1.54) is 0 Å². The minimum Gasteiger partial charge on any atom is -0.457 e. The van der Waals surface area contributed by atoms with Gasteiger partial charge in [0.25, 0.3) is 0 Å². The average molecular weight is 635 g/mol. The second-order valence-electron chi connectivity index (χ2n) is 11.1. The van der Waals surface area contributed by atoms with E-state index >= 15 is 0 Å². The van der Waals surface area contributed by atoms with Crippen LogP contribution in [0, 0.1) is 0 Å². The van der Waals surface area contributed by atoms with E-state index < -0.39 is 11.8 Å². The van der Waals surface area contributed by atoms with Crippen molar-refractivity contribution in [2.45, 2.75) is 21.6 Å². The van der Waals surface area contributed by atoms with Crippen LogP contribution in [0.25, 0.3) is 0 Å². The third-order valence-electron chi connectivity index (χ3n) is 8.15. The lowest BCUT2D eigenvalue weighted by atomic mass is 9.88. The van der Waals surface area contributed by atoms with Crippen molar-refractivity contribution >= 4 is 23.7 Å². The van der Waals surface area contributed by atoms with Crippen LogP contribution in [-0.4, -0.2) is 11.9 Å². The molecule has 0 unspecified atom stereocenters. The number of ether oxygens (including phenoxy) is 4. The van der Waals surface area contributed by atoms with Gasteiger partial charge in [0.2, 0.25) is 0 Å². The Bertz CT molecular complexity index is 1880. The van der Waals surface area contributed by atoms with Gasteiger partial charge in [-0.1, -0.05) is 84.6 Å². The number of carbonyl (C=O) groups excluding carboxylic acids is 2. The van der Waals surface area contributed by atoms with E-state index in [-0.39, 0.29) is 11.9 Å². The minimum absolute atomic E-state index is 0.369. The Morgan fingerprint density at radius 3 is 1.04 bits per heavy atom. The van der Waals surface area contributed by atoms with Crippen LogP contribution in [0.5, 0.6) is 34.5 Å². The second-order valence-corrected chi connectivity index (χ2v) is 12.3. The van der Waals surface area contributed by atoms with Crippen LogP contribution in [-0.2, 0) is 9.59 Å². The van der Waals surface area contributed by atoms with Crippen LogP contribution < -0.4 is 18.9 Å². The molecule has 8 rings (SSSR count). The van der Waals surface area contributed by atoms with Crippen molar-refractivity contribution in [3.05, 3.63) is 168 Å². The summed E-state index contributed by atoms with van der Waals surface area (Å²) in [7, 11) is 0. The Kier molecular flexibility index (Phi) is 7.44. The average Bonchev–Trinajstić information content (AvgIpc) is 3.11. The van der Waals surface area contributed by atoms with Gasteiger partial charge in [0.15, 0.2) is 0 Å². The van der Waals surface area contributed by atoms with Gasteiger partial charge < -0.3 is 18.9 Å². The van der Waals surface area contributed by atoms with Crippen LogP contribution >= 0.6 is 11.8 Å². The number of benzene rings is 6. The molecule has 0 spiro atoms. The molecule has 0 saturated heterocycles. The van der Waals surface area contributed by atoms with Crippen LogP contribution in [0.1, 0.15) is 34.1 Å². The third-order valence-corrected chi connectivity index (χ3v) is 9.17. The molecule has 228 valence electrons. The maximum absolute atomic E-state index is 13.5. The number of para-hydroxylation sites is 4. The lowest BCUT2D eigenvalue weighted by Crippen LogP contribution is -2.23. The number of hydrogen-bond acceptors (Lipinski definition) is 7. The quantitative estimate of drug-likeness (QED) is 0.133. The van der Waals surface area contributed by atoms with Gasteiger partial charge in [0.05, 0.1) is 0 Å². The highest BCUT2D eigenvalue weighted by atomic mass is 32.2. The fourth-order valence-electron chi connectivity index (χ4n) is 5.97. The van der Waals surface area contributed by atoms with Gasteiger partial charge in [-0.25, -0.2) is 0 Å². The Morgan fingerprint density at radius 1 is 0.426 bits per heavy atom. The van der Waals surface area contributed by atoms with E-state index in [1.807, 2.05) is 121 Å². The van der Waals surface area contributed by atoms with E-state index in [9.17, 15) is 9.59 Å². The van der Waals surface area contributed by atoms with Gasteiger partial charge in [0, 0.05) is 32.0 Å². The topological polar surface area (TPSA) is 71.1 Å². The Hall–Kier alpha value is -5.79. The molecular formula is C40H26O6S. The molecule has 6 nitrogen and oxygen atoms in total. The summed E-state index contributed by atoms with van der Waals surface area (Å²) in [4.78, 5) is 28.9. The highest BCUT2D eigenvalue weighted by molar-refractivity contribution is 7.99. The summed E-state index contributed by atoms with van der Waals surface area (Å²) in [6, 6.07) is 44.9. The zero-order valence-corrected chi connectivity index (χ0v) is 25.7. The van der Waals surface area contributed by atoms with Gasteiger partial charge in [-0.15, -0.1) is 0 Å². The van der Waals surface area contributed by atoms with E-state index in [0.29, 0.717) is 34.5 Å². The fraction of sp³-hybridized carbons (Fsp3) is 0.0500. The molecule has 0 atom stereocenters. The van der Waals surface area contributed by atoms with E-state index in [2.05, 4.69) is 0 Å². The molecule has 2 aliphatic heterocycles. The first-order chi connectivity index (χ1) is 23.1. The predicted molar refractivity (Wildman–Crippen MR) is 178 cm³/mol. The maximum atomic E-state index is 13.5. The molecule has 0 amide bonds. The summed E-state index contributed by atoms with van der Waals surface area (Å²) in [6.45, 7) is 0. The molecule has 2 aliphatic rings. The molecule has 2 heterocycles. The smallest absolute Gasteiger partial charge is 0.323 e. The van der Waals surface area contributed by atoms with Crippen molar-refractivity contribution in [2.24, 2.45) is 0 Å². The minimum atomic E-state index is -0.589. The standard InChI is InChI=1S/C40H26O6S/c41-39(37-29-9-1-5-13-33(29)45-34-14-6-2-10-30(34)37)43-25-17-21-27(22-18-25)47-28-23-19-26(20-24-28)44-40(42)38-31-11-3-7-15-35(31)46-36-16-8-4-12-32(36)38/h1-24,37-38H. The lowest BCUT2D eigenvalue weighted by molar-refractivity contribution is -0.136. The largest absolute Gasteiger partial charge is 0.457 e. The Labute approximate surface area is 275 Å². The summed E-state index contributed by atoms with van der Waals surface area (Å²) in [5.74, 6) is 1.61. The number of esters is 2. The van der Waals surface area contributed by atoms with Crippen LogP contribution in [0.3, 0.4) is 0 Å². The molecule has 0 bridgehead atoms. The summed E-state index contributed by atoms with van der Waals surface area (Å²) in [5.41, 5.74) is 3.11. The van der Waals surface area contributed by atoms with Crippen LogP contribution in [0.15, 0.2) is 155 Å². The molecule has 6 aromatic carbocycles. The van der Waals surface area contributed by atoms with Crippen LogP contribution in [0.4, 0.5) is 0 Å². The molecule has 0 aromatic heterocycles. The molecule has 0 N–H and O–H groups in total. The van der Waals surface area contributed by atoms with Gasteiger partial charge in [-0.05, 0) is 72.8 Å². The third kappa shape index (κ3) is 5.62. The number of hydrogen-bond donors (Lipinski definition) is 0. The van der Waals surface area contributed by atoms with Crippen molar-refractivity contribution in [1.29, 1.82) is 0 Å². The number of rotatable bonds is 6. The summed E-state index contributed by atoms with van der Waals surface area (Å²) >= 11 is 1.55. The zero-order valence-electron chi connectivity index (χ0n) is 24.9. The van der Waals surface area contributed by atoms with Gasteiger partial charge in [-0.3, -0.25) is 9.59 Å². The molecule has 7 heteroatoms. The molecule has 0 saturated carbocycles. The van der Waals surface area contributed by atoms with Crippen LogP contribution in [0.2, 0.25) is 0 Å². The van der Waals surface area contributed by atoms with Gasteiger partial charge in [0.1, 0.15) is 46.3 Å². The lowest BCUT2D eigenvalue weighted by Gasteiger charge is -2.26. The second kappa shape index (κ2) is 12.2. The SMILES string of the molecule is O=C(Oc1ccc(Sc2ccc(OC(=O)C3c4ccccc4Oc4ccccc43)cc2)cc1)C1c2ccccc2Oc2ccccc21. The van der Waals surface area contributed by atoms with E-state index in [4.69, 9.17) is 18.9 Å². The van der Waals surface area contributed by atoms with Crippen molar-refractivity contribution in [3.63, 3.8) is 0 Å². The number of carbonyl (C=O) groups is 2. The van der Waals surface area contributed by atoms with Crippen molar-refractivity contribution in [3.8, 4) is 34.5 Å². The Morgan fingerprint density at radius 2 is 0.723 bits per heavy atom. The van der Waals surface area contributed by atoms with E-state index in [0.717, 1.165) is 32.0 Å². The number of fused-ring (bicyclic) bond motifs is 4. The molecule has 47 heavy (non-hydrogen) atoms. The molecule has 6 aromatic rings. The first-order valence-corrected chi connectivity index (χ1v) is 16.0. The molecule has 0 radical (unpaired) electrons. The summed E-state index contributed by atoms with van der Waals surface area (Å²) in [6.07, 6.45) is 0. The summed E-state index contributed by atoms with van der Waals surface area (Å²) in [5, 5.41) is 0. The highest BCUT2D eigenvalue weighted by Gasteiger charge is 2.35. The monoisotopic (exact) mass is 634 g/mol. The fourth-order valence-corrected chi connectivity index (χ4v) is 6.78. The van der Waals surface area contributed by atoms with E-state index in [1.54, 1.807) is 36.0 Å². The Balaban J connectivity index is 0.933. The molecular weight excluding hydrogens is 609 g/mol. The zero-order chi connectivity index (χ0) is 31.7. The highest BCUT2D eigenvalue weighted by Crippen LogP contribution is 2.46. The molecule has 0 fully saturated rings.